The van der Waals surface area contributed by atoms with Gasteiger partial charge in [0.2, 0.25) is 5.95 Å². The lowest BCUT2D eigenvalue weighted by Gasteiger charge is -2.18. The minimum Gasteiger partial charge on any atom is -0.508 e. The third-order valence-corrected chi connectivity index (χ3v) is 4.57. The maximum atomic E-state index is 14.0. The van der Waals surface area contributed by atoms with E-state index in [4.69, 9.17) is 4.74 Å². The Labute approximate surface area is 191 Å². The van der Waals surface area contributed by atoms with E-state index in [0.717, 1.165) is 23.3 Å². The average molecular weight is 455 g/mol. The molecule has 0 amide bonds. The van der Waals surface area contributed by atoms with Gasteiger partial charge in [-0.15, -0.1) is 0 Å². The van der Waals surface area contributed by atoms with Gasteiger partial charge < -0.3 is 25.0 Å². The molecule has 33 heavy (non-hydrogen) atoms. The molecule has 3 aromatic rings. The zero-order valence-electron chi connectivity index (χ0n) is 18.9. The number of hydrogen-bond acceptors (Lipinski definition) is 10. The molecular weight excluding hydrogens is 427 g/mol. The van der Waals surface area contributed by atoms with E-state index in [1.165, 1.54) is 6.21 Å². The van der Waals surface area contributed by atoms with Crippen LogP contribution in [0.25, 0.3) is 0 Å². The fourth-order valence-corrected chi connectivity index (χ4v) is 2.82. The van der Waals surface area contributed by atoms with E-state index in [1.807, 2.05) is 31.1 Å². The standard InChI is InChI=1S/C22H27FN8O2/c1-30(2)18-9-17(10-19(32)11-18)27-16-6-5-15(24-12-16)13-26-29-22-25-14-20(23)21(28-22)31(3)7-8-33-4/h5-6,9-14,27,32H,7-8H2,1-4H3,(H,25,28,29)/b26-13+. The van der Waals surface area contributed by atoms with Gasteiger partial charge in [0.05, 0.1) is 36.6 Å². The Bertz CT molecular complexity index is 1090. The highest BCUT2D eigenvalue weighted by Crippen LogP contribution is 2.27. The van der Waals surface area contributed by atoms with Crippen LogP contribution in [0, 0.1) is 5.82 Å². The number of nitrogens with zero attached hydrogens (tertiary/aromatic N) is 6. The van der Waals surface area contributed by atoms with Gasteiger partial charge in [0, 0.05) is 58.3 Å². The van der Waals surface area contributed by atoms with Gasteiger partial charge in [0.1, 0.15) is 5.75 Å². The monoisotopic (exact) mass is 454 g/mol. The number of hydrazone groups is 1. The number of phenols is 1. The van der Waals surface area contributed by atoms with Crippen LogP contribution in [0.3, 0.4) is 0 Å². The molecule has 0 saturated carbocycles. The van der Waals surface area contributed by atoms with E-state index in [1.54, 1.807) is 43.5 Å². The fourth-order valence-electron chi connectivity index (χ4n) is 2.82. The van der Waals surface area contributed by atoms with E-state index in [9.17, 15) is 9.50 Å². The summed E-state index contributed by atoms with van der Waals surface area (Å²) in [4.78, 5) is 15.9. The molecule has 0 aliphatic heterocycles. The van der Waals surface area contributed by atoms with Crippen LogP contribution in [0.1, 0.15) is 5.69 Å². The van der Waals surface area contributed by atoms with Crippen molar-refractivity contribution in [3.63, 3.8) is 0 Å². The smallest absolute Gasteiger partial charge is 0.245 e. The molecule has 1 aromatic carbocycles. The molecule has 0 spiro atoms. The van der Waals surface area contributed by atoms with Crippen LogP contribution in [0.2, 0.25) is 0 Å². The highest BCUT2D eigenvalue weighted by molar-refractivity contribution is 5.78. The van der Waals surface area contributed by atoms with Crippen molar-refractivity contribution in [3.8, 4) is 5.75 Å². The van der Waals surface area contributed by atoms with Crippen molar-refractivity contribution < 1.29 is 14.2 Å². The van der Waals surface area contributed by atoms with Crippen LogP contribution in [0.4, 0.5) is 33.2 Å². The Morgan fingerprint density at radius 2 is 1.94 bits per heavy atom. The molecular formula is C22H27FN8O2. The van der Waals surface area contributed by atoms with Gasteiger partial charge in [-0.3, -0.25) is 4.98 Å². The van der Waals surface area contributed by atoms with Gasteiger partial charge >= 0.3 is 0 Å². The number of aromatic hydroxyl groups is 1. The number of halogens is 1. The number of hydrogen-bond donors (Lipinski definition) is 3. The Kier molecular flexibility index (Phi) is 7.92. The Morgan fingerprint density at radius 1 is 1.12 bits per heavy atom. The summed E-state index contributed by atoms with van der Waals surface area (Å²) >= 11 is 0. The molecule has 0 atom stereocenters. The van der Waals surface area contributed by atoms with Crippen molar-refractivity contribution in [1.82, 2.24) is 15.0 Å². The quantitative estimate of drug-likeness (QED) is 0.314. The van der Waals surface area contributed by atoms with Crippen LogP contribution in [0.5, 0.6) is 5.75 Å². The van der Waals surface area contributed by atoms with E-state index < -0.39 is 5.82 Å². The zero-order valence-corrected chi connectivity index (χ0v) is 18.9. The largest absolute Gasteiger partial charge is 0.508 e. The van der Waals surface area contributed by atoms with Crippen LogP contribution >= 0.6 is 0 Å². The van der Waals surface area contributed by atoms with Crippen molar-refractivity contribution in [3.05, 3.63) is 54.2 Å². The molecule has 10 nitrogen and oxygen atoms in total. The number of pyridine rings is 1. The minimum absolute atomic E-state index is 0.151. The van der Waals surface area contributed by atoms with Crippen molar-refractivity contribution >= 4 is 35.0 Å². The van der Waals surface area contributed by atoms with E-state index >= 15 is 0 Å². The number of likely N-dealkylation sites (N-methyl/N-ethyl adjacent to an activating group) is 1. The molecule has 3 rings (SSSR count). The normalized spacial score (nSPS) is 10.9. The summed E-state index contributed by atoms with van der Waals surface area (Å²) in [6.07, 6.45) is 4.24. The molecule has 0 aliphatic carbocycles. The lowest BCUT2D eigenvalue weighted by Crippen LogP contribution is -2.24. The second-order valence-corrected chi connectivity index (χ2v) is 7.38. The van der Waals surface area contributed by atoms with Gasteiger partial charge in [-0.1, -0.05) is 0 Å². The molecule has 0 fully saturated rings. The number of benzene rings is 1. The van der Waals surface area contributed by atoms with Crippen LogP contribution in [0.15, 0.2) is 47.8 Å². The van der Waals surface area contributed by atoms with E-state index in [2.05, 4.69) is 30.8 Å². The van der Waals surface area contributed by atoms with Gasteiger partial charge in [-0.2, -0.15) is 10.1 Å². The third kappa shape index (κ3) is 6.74. The summed E-state index contributed by atoms with van der Waals surface area (Å²) in [5.41, 5.74) is 5.64. The summed E-state index contributed by atoms with van der Waals surface area (Å²) in [6.45, 7) is 0.927. The first-order valence-corrected chi connectivity index (χ1v) is 10.1. The maximum absolute atomic E-state index is 14.0. The minimum atomic E-state index is -0.530. The molecule has 0 unspecified atom stereocenters. The van der Waals surface area contributed by atoms with Crippen LogP contribution < -0.4 is 20.5 Å². The predicted octanol–water partition coefficient (Wildman–Crippen LogP) is 3.05. The average Bonchev–Trinajstić information content (AvgIpc) is 2.79. The molecule has 2 heterocycles. The van der Waals surface area contributed by atoms with Crippen molar-refractivity contribution in [2.24, 2.45) is 5.10 Å². The summed E-state index contributed by atoms with van der Waals surface area (Å²) in [5, 5.41) is 17.2. The first-order chi connectivity index (χ1) is 15.9. The fraction of sp³-hybridized carbons (Fsp3) is 0.273. The highest BCUT2D eigenvalue weighted by atomic mass is 19.1. The van der Waals surface area contributed by atoms with Crippen molar-refractivity contribution in [2.45, 2.75) is 0 Å². The first kappa shape index (κ1) is 23.7. The number of nitrogens with one attached hydrogen (secondary N) is 2. The second-order valence-electron chi connectivity index (χ2n) is 7.38. The molecule has 11 heteroatoms. The number of rotatable bonds is 10. The van der Waals surface area contributed by atoms with Gasteiger partial charge in [0.25, 0.3) is 0 Å². The summed E-state index contributed by atoms with van der Waals surface area (Å²) < 4.78 is 19.0. The van der Waals surface area contributed by atoms with Gasteiger partial charge in [0.15, 0.2) is 11.6 Å². The van der Waals surface area contributed by atoms with Crippen molar-refractivity contribution in [2.75, 3.05) is 61.9 Å². The molecule has 0 saturated heterocycles. The maximum Gasteiger partial charge on any atom is 0.245 e. The summed E-state index contributed by atoms with van der Waals surface area (Å²) in [7, 11) is 7.10. The van der Waals surface area contributed by atoms with Gasteiger partial charge in [-0.25, -0.2) is 14.8 Å². The van der Waals surface area contributed by atoms with Gasteiger partial charge in [-0.05, 0) is 18.2 Å². The number of ether oxygens (including phenoxy) is 1. The highest BCUT2D eigenvalue weighted by Gasteiger charge is 2.11. The summed E-state index contributed by atoms with van der Waals surface area (Å²) in [6, 6.07) is 8.85. The Morgan fingerprint density at radius 3 is 2.64 bits per heavy atom. The SMILES string of the molecule is COCCN(C)c1nc(N/N=C/c2ccc(Nc3cc(O)cc(N(C)C)c3)cn2)ncc1F. The molecule has 0 radical (unpaired) electrons. The lowest BCUT2D eigenvalue weighted by molar-refractivity contribution is 0.206. The third-order valence-electron chi connectivity index (χ3n) is 4.57. The number of anilines is 5. The van der Waals surface area contributed by atoms with Crippen LogP contribution in [-0.2, 0) is 4.74 Å². The molecule has 0 aliphatic rings. The molecule has 2 aromatic heterocycles. The van der Waals surface area contributed by atoms with E-state index in [-0.39, 0.29) is 17.5 Å². The number of phenolic OH excluding ortho intramolecular Hbond substituents is 1. The second kappa shape index (κ2) is 11.0. The Hall–Kier alpha value is -3.99. The molecule has 0 bridgehead atoms. The Balaban J connectivity index is 1.62. The van der Waals surface area contributed by atoms with Crippen molar-refractivity contribution in [1.29, 1.82) is 0 Å². The number of aromatic nitrogens is 3. The van der Waals surface area contributed by atoms with E-state index in [0.29, 0.717) is 18.8 Å². The summed E-state index contributed by atoms with van der Waals surface area (Å²) in [5.74, 6) is -0.0525. The predicted molar refractivity (Wildman–Crippen MR) is 128 cm³/mol. The molecule has 3 N–H and O–H groups in total. The zero-order chi connectivity index (χ0) is 23.8. The number of methoxy groups -OCH3 is 1. The molecule has 174 valence electrons. The first-order valence-electron chi connectivity index (χ1n) is 10.1. The topological polar surface area (TPSA) is 111 Å². The lowest BCUT2D eigenvalue weighted by atomic mass is 10.2. The van der Waals surface area contributed by atoms with Crippen LogP contribution in [-0.4, -0.2) is 67.7 Å².